The molecule has 2 rings (SSSR count). The van der Waals surface area contributed by atoms with Gasteiger partial charge in [0.25, 0.3) is 0 Å². The summed E-state index contributed by atoms with van der Waals surface area (Å²) in [5.74, 6) is 1.24. The molecule has 0 aliphatic rings. The second kappa shape index (κ2) is 9.89. The molecule has 0 fully saturated rings. The van der Waals surface area contributed by atoms with Gasteiger partial charge in [0.1, 0.15) is 12.4 Å². The van der Waals surface area contributed by atoms with Crippen LogP contribution in [0.25, 0.3) is 0 Å². The minimum Gasteiger partial charge on any atom is -0.492 e. The van der Waals surface area contributed by atoms with Gasteiger partial charge in [-0.05, 0) is 62.3 Å². The van der Waals surface area contributed by atoms with Gasteiger partial charge in [-0.15, -0.1) is 0 Å². The van der Waals surface area contributed by atoms with Crippen molar-refractivity contribution in [2.75, 3.05) is 27.2 Å². The molecule has 0 bridgehead atoms. The Morgan fingerprint density at radius 1 is 1.08 bits per heavy atom. The zero-order valence-corrected chi connectivity index (χ0v) is 17.6. The third-order valence-electron chi connectivity index (χ3n) is 4.25. The van der Waals surface area contributed by atoms with Gasteiger partial charge in [0.15, 0.2) is 5.78 Å². The van der Waals surface area contributed by atoms with Crippen molar-refractivity contribution in [1.82, 2.24) is 4.90 Å². The van der Waals surface area contributed by atoms with Crippen molar-refractivity contribution in [3.05, 3.63) is 64.1 Å². The summed E-state index contributed by atoms with van der Waals surface area (Å²) in [6.45, 7) is 5.80. The summed E-state index contributed by atoms with van der Waals surface area (Å²) in [6, 6.07) is 15.5. The van der Waals surface area contributed by atoms with E-state index in [4.69, 9.17) is 4.74 Å². The number of ether oxygens (including phenoxy) is 1. The van der Waals surface area contributed by atoms with Gasteiger partial charge in [0.2, 0.25) is 0 Å². The predicted octanol–water partition coefficient (Wildman–Crippen LogP) is 5.40. The number of ketones is 1. The van der Waals surface area contributed by atoms with Crippen LogP contribution in [-0.2, 0) is 0 Å². The van der Waals surface area contributed by atoms with Crippen molar-refractivity contribution in [2.45, 2.75) is 26.2 Å². The molecule has 140 valence electrons. The van der Waals surface area contributed by atoms with E-state index in [1.807, 2.05) is 62.6 Å². The minimum atomic E-state index is -0.147. The summed E-state index contributed by atoms with van der Waals surface area (Å²) in [6.07, 6.45) is 0.822. The lowest BCUT2D eigenvalue weighted by molar-refractivity contribution is 0.0948. The van der Waals surface area contributed by atoms with Crippen LogP contribution in [0, 0.1) is 5.92 Å². The van der Waals surface area contributed by atoms with E-state index in [0.29, 0.717) is 12.5 Å². The van der Waals surface area contributed by atoms with Gasteiger partial charge >= 0.3 is 0 Å². The number of carbonyl (C=O) groups excluding carboxylic acids is 1. The van der Waals surface area contributed by atoms with Crippen LogP contribution in [0.2, 0.25) is 0 Å². The molecule has 0 saturated carbocycles. The van der Waals surface area contributed by atoms with Crippen molar-refractivity contribution in [2.24, 2.45) is 5.92 Å². The van der Waals surface area contributed by atoms with E-state index in [9.17, 15) is 4.79 Å². The first-order valence-electron chi connectivity index (χ1n) is 9.04. The van der Waals surface area contributed by atoms with Crippen LogP contribution in [-0.4, -0.2) is 37.9 Å². The Kier molecular flexibility index (Phi) is 7.85. The molecule has 1 unspecified atom stereocenters. The standard InChI is InChI=1S/C22H28BrNO2/c1-16(2)15-20(19-7-5-6-8-21(19)23)22(25)17-9-11-18(12-10-17)26-14-13-24(3)4/h5-12,16,20H,13-15H2,1-4H3. The van der Waals surface area contributed by atoms with Crippen LogP contribution in [0.4, 0.5) is 0 Å². The van der Waals surface area contributed by atoms with Crippen LogP contribution >= 0.6 is 15.9 Å². The highest BCUT2D eigenvalue weighted by atomic mass is 79.9. The van der Waals surface area contributed by atoms with Gasteiger partial charge in [-0.25, -0.2) is 0 Å². The Hall–Kier alpha value is -1.65. The van der Waals surface area contributed by atoms with Gasteiger partial charge in [-0.2, -0.15) is 0 Å². The van der Waals surface area contributed by atoms with E-state index in [1.54, 1.807) is 0 Å². The second-order valence-electron chi connectivity index (χ2n) is 7.24. The zero-order chi connectivity index (χ0) is 19.1. The lowest BCUT2D eigenvalue weighted by atomic mass is 9.84. The maximum atomic E-state index is 13.2. The van der Waals surface area contributed by atoms with Crippen LogP contribution in [0.15, 0.2) is 53.0 Å². The molecule has 0 spiro atoms. The van der Waals surface area contributed by atoms with E-state index < -0.39 is 0 Å². The lowest BCUT2D eigenvalue weighted by Crippen LogP contribution is -2.19. The summed E-state index contributed by atoms with van der Waals surface area (Å²) in [5.41, 5.74) is 1.78. The third-order valence-corrected chi connectivity index (χ3v) is 4.97. The number of carbonyl (C=O) groups is 1. The quantitative estimate of drug-likeness (QED) is 0.511. The molecule has 0 aliphatic carbocycles. The molecule has 26 heavy (non-hydrogen) atoms. The molecule has 2 aromatic carbocycles. The molecular formula is C22H28BrNO2. The van der Waals surface area contributed by atoms with Gasteiger partial charge in [0.05, 0.1) is 0 Å². The zero-order valence-electron chi connectivity index (χ0n) is 16.0. The summed E-state index contributed by atoms with van der Waals surface area (Å²) >= 11 is 3.60. The Morgan fingerprint density at radius 2 is 1.73 bits per heavy atom. The summed E-state index contributed by atoms with van der Waals surface area (Å²) in [7, 11) is 4.03. The van der Waals surface area contributed by atoms with Crippen LogP contribution < -0.4 is 4.74 Å². The van der Waals surface area contributed by atoms with Gasteiger partial charge in [-0.1, -0.05) is 48.0 Å². The molecule has 2 aromatic rings. The van der Waals surface area contributed by atoms with Crippen molar-refractivity contribution in [3.8, 4) is 5.75 Å². The van der Waals surface area contributed by atoms with Crippen LogP contribution in [0.1, 0.15) is 42.1 Å². The van der Waals surface area contributed by atoms with E-state index >= 15 is 0 Å². The fourth-order valence-electron chi connectivity index (χ4n) is 2.87. The van der Waals surface area contributed by atoms with Crippen LogP contribution in [0.3, 0.4) is 0 Å². The van der Waals surface area contributed by atoms with Gasteiger partial charge < -0.3 is 9.64 Å². The molecule has 3 nitrogen and oxygen atoms in total. The van der Waals surface area contributed by atoms with Crippen molar-refractivity contribution >= 4 is 21.7 Å². The molecule has 1 atom stereocenters. The third kappa shape index (κ3) is 5.96. The summed E-state index contributed by atoms with van der Waals surface area (Å²) in [5, 5.41) is 0. The van der Waals surface area contributed by atoms with Crippen molar-refractivity contribution < 1.29 is 9.53 Å². The first kappa shape index (κ1) is 20.7. The Morgan fingerprint density at radius 3 is 2.31 bits per heavy atom. The van der Waals surface area contributed by atoms with E-state index in [0.717, 1.165) is 34.3 Å². The molecular weight excluding hydrogens is 390 g/mol. The average Bonchev–Trinajstić information content (AvgIpc) is 2.60. The molecule has 0 amide bonds. The lowest BCUT2D eigenvalue weighted by Gasteiger charge is -2.20. The van der Waals surface area contributed by atoms with E-state index in [1.165, 1.54) is 0 Å². The molecule has 0 radical (unpaired) electrons. The predicted molar refractivity (Wildman–Crippen MR) is 111 cm³/mol. The van der Waals surface area contributed by atoms with E-state index in [2.05, 4.69) is 34.7 Å². The Bertz CT molecular complexity index is 710. The van der Waals surface area contributed by atoms with Gasteiger partial charge in [0, 0.05) is 22.5 Å². The fourth-order valence-corrected chi connectivity index (χ4v) is 3.43. The Balaban J connectivity index is 2.16. The number of halogens is 1. The molecule has 0 heterocycles. The molecule has 0 N–H and O–H groups in total. The second-order valence-corrected chi connectivity index (χ2v) is 8.10. The normalized spacial score (nSPS) is 12.4. The highest BCUT2D eigenvalue weighted by Gasteiger charge is 2.24. The maximum absolute atomic E-state index is 13.2. The highest BCUT2D eigenvalue weighted by molar-refractivity contribution is 9.10. The number of benzene rings is 2. The SMILES string of the molecule is CC(C)CC(C(=O)c1ccc(OCCN(C)C)cc1)c1ccccc1Br. The first-order valence-corrected chi connectivity index (χ1v) is 9.84. The number of hydrogen-bond acceptors (Lipinski definition) is 3. The molecule has 0 aliphatic heterocycles. The monoisotopic (exact) mass is 417 g/mol. The van der Waals surface area contributed by atoms with E-state index in [-0.39, 0.29) is 11.7 Å². The number of hydrogen-bond donors (Lipinski definition) is 0. The van der Waals surface area contributed by atoms with Crippen molar-refractivity contribution in [1.29, 1.82) is 0 Å². The summed E-state index contributed by atoms with van der Waals surface area (Å²) < 4.78 is 6.71. The molecule has 0 aromatic heterocycles. The number of Topliss-reactive ketones (excluding diaryl/α,β-unsaturated/α-hetero) is 1. The maximum Gasteiger partial charge on any atom is 0.170 e. The smallest absolute Gasteiger partial charge is 0.170 e. The molecule has 0 saturated heterocycles. The van der Waals surface area contributed by atoms with Gasteiger partial charge in [-0.3, -0.25) is 4.79 Å². The topological polar surface area (TPSA) is 29.5 Å². The van der Waals surface area contributed by atoms with Crippen LogP contribution in [0.5, 0.6) is 5.75 Å². The summed E-state index contributed by atoms with van der Waals surface area (Å²) in [4.78, 5) is 15.3. The fraction of sp³-hybridized carbons (Fsp3) is 0.409. The largest absolute Gasteiger partial charge is 0.492 e. The first-order chi connectivity index (χ1) is 12.4. The van der Waals surface area contributed by atoms with Crippen molar-refractivity contribution in [3.63, 3.8) is 0 Å². The Labute approximate surface area is 165 Å². The average molecular weight is 418 g/mol. The number of likely N-dealkylation sites (N-methyl/N-ethyl adjacent to an activating group) is 1. The highest BCUT2D eigenvalue weighted by Crippen LogP contribution is 2.33. The number of nitrogens with zero attached hydrogens (tertiary/aromatic N) is 1. The number of rotatable bonds is 9. The minimum absolute atomic E-state index is 0.147. The molecule has 4 heteroatoms.